The highest BCUT2D eigenvalue weighted by Crippen LogP contribution is 2.23. The van der Waals surface area contributed by atoms with Crippen LogP contribution in [0.25, 0.3) is 0 Å². The average Bonchev–Trinajstić information content (AvgIpc) is 2.41. The molecule has 0 aromatic heterocycles. The minimum absolute atomic E-state index is 0.193. The molecule has 21 heavy (non-hydrogen) atoms. The summed E-state index contributed by atoms with van der Waals surface area (Å²) in [6.07, 6.45) is 7.26. The molecule has 0 atom stereocenters. The molecule has 0 aliphatic carbocycles. The SMILES string of the molecule is COC(=O)C(=O)OCC(C)(C)CC=C(C)CCC=C(C)C. The van der Waals surface area contributed by atoms with Crippen LogP contribution < -0.4 is 0 Å². The molecule has 0 saturated carbocycles. The zero-order valence-corrected chi connectivity index (χ0v) is 14.1. The number of esters is 2. The van der Waals surface area contributed by atoms with Crippen molar-refractivity contribution in [3.8, 4) is 0 Å². The van der Waals surface area contributed by atoms with Gasteiger partial charge in [0, 0.05) is 5.41 Å². The molecule has 0 radical (unpaired) electrons. The third kappa shape index (κ3) is 9.88. The molecule has 0 aromatic carbocycles. The van der Waals surface area contributed by atoms with Gasteiger partial charge in [-0.15, -0.1) is 0 Å². The lowest BCUT2D eigenvalue weighted by Gasteiger charge is -2.22. The molecule has 4 nitrogen and oxygen atoms in total. The standard InChI is InChI=1S/C17H28O4/c1-13(2)8-7-9-14(3)10-11-17(4,5)12-21-16(19)15(18)20-6/h8,10H,7,9,11-12H2,1-6H3. The van der Waals surface area contributed by atoms with E-state index in [1.807, 2.05) is 13.8 Å². The molecule has 0 spiro atoms. The maximum absolute atomic E-state index is 11.2. The van der Waals surface area contributed by atoms with Crippen LogP contribution in [0.4, 0.5) is 0 Å². The van der Waals surface area contributed by atoms with Crippen molar-refractivity contribution in [2.45, 2.75) is 53.9 Å². The second-order valence-electron chi connectivity index (χ2n) is 6.31. The van der Waals surface area contributed by atoms with E-state index in [0.717, 1.165) is 26.4 Å². The third-order valence-electron chi connectivity index (χ3n) is 3.04. The van der Waals surface area contributed by atoms with Gasteiger partial charge in [0.2, 0.25) is 0 Å². The molecular weight excluding hydrogens is 268 g/mol. The van der Waals surface area contributed by atoms with E-state index in [1.54, 1.807) is 0 Å². The summed E-state index contributed by atoms with van der Waals surface area (Å²) in [5.41, 5.74) is 2.44. The van der Waals surface area contributed by atoms with E-state index in [0.29, 0.717) is 0 Å². The Bertz CT molecular complexity index is 413. The fraction of sp³-hybridized carbons (Fsp3) is 0.647. The minimum Gasteiger partial charge on any atom is -0.461 e. The summed E-state index contributed by atoms with van der Waals surface area (Å²) in [6, 6.07) is 0. The predicted molar refractivity (Wildman–Crippen MR) is 83.8 cm³/mol. The summed E-state index contributed by atoms with van der Waals surface area (Å²) in [4.78, 5) is 22.2. The topological polar surface area (TPSA) is 52.6 Å². The maximum Gasteiger partial charge on any atom is 0.417 e. The van der Waals surface area contributed by atoms with Crippen LogP contribution in [0.5, 0.6) is 0 Å². The molecule has 0 saturated heterocycles. The van der Waals surface area contributed by atoms with Crippen LogP contribution in [0.1, 0.15) is 53.9 Å². The van der Waals surface area contributed by atoms with Crippen molar-refractivity contribution < 1.29 is 19.1 Å². The lowest BCUT2D eigenvalue weighted by molar-refractivity contribution is -0.167. The van der Waals surface area contributed by atoms with Crippen molar-refractivity contribution in [3.63, 3.8) is 0 Å². The number of methoxy groups -OCH3 is 1. The fourth-order valence-corrected chi connectivity index (χ4v) is 1.60. The summed E-state index contributed by atoms with van der Waals surface area (Å²) < 4.78 is 9.26. The first kappa shape index (κ1) is 19.4. The van der Waals surface area contributed by atoms with Gasteiger partial charge in [-0.2, -0.15) is 0 Å². The van der Waals surface area contributed by atoms with Crippen molar-refractivity contribution in [2.24, 2.45) is 5.41 Å². The van der Waals surface area contributed by atoms with E-state index in [1.165, 1.54) is 11.1 Å². The number of carbonyl (C=O) groups is 2. The van der Waals surface area contributed by atoms with Crippen LogP contribution in [-0.4, -0.2) is 25.7 Å². The van der Waals surface area contributed by atoms with Gasteiger partial charge in [0.15, 0.2) is 0 Å². The summed E-state index contributed by atoms with van der Waals surface area (Å²) in [5, 5.41) is 0. The number of hydrogen-bond acceptors (Lipinski definition) is 4. The van der Waals surface area contributed by atoms with Gasteiger partial charge in [-0.05, 0) is 40.0 Å². The Morgan fingerprint density at radius 1 is 1.05 bits per heavy atom. The van der Waals surface area contributed by atoms with E-state index in [-0.39, 0.29) is 12.0 Å². The molecular formula is C17H28O4. The second-order valence-corrected chi connectivity index (χ2v) is 6.31. The molecule has 0 heterocycles. The normalized spacial score (nSPS) is 11.8. The number of carbonyl (C=O) groups excluding carboxylic acids is 2. The zero-order chi connectivity index (χ0) is 16.5. The molecule has 0 aliphatic heterocycles. The Balaban J connectivity index is 4.25. The Labute approximate surface area is 128 Å². The van der Waals surface area contributed by atoms with Crippen LogP contribution >= 0.6 is 0 Å². The molecule has 0 aliphatic rings. The van der Waals surface area contributed by atoms with Gasteiger partial charge in [-0.1, -0.05) is 37.1 Å². The molecule has 0 aromatic rings. The lowest BCUT2D eigenvalue weighted by Crippen LogP contribution is -2.26. The number of hydrogen-bond donors (Lipinski definition) is 0. The molecule has 4 heteroatoms. The zero-order valence-electron chi connectivity index (χ0n) is 14.1. The minimum atomic E-state index is -0.959. The highest BCUT2D eigenvalue weighted by molar-refractivity contribution is 6.29. The first-order valence-electron chi connectivity index (χ1n) is 7.22. The van der Waals surface area contributed by atoms with Gasteiger partial charge in [0.25, 0.3) is 0 Å². The molecule has 0 amide bonds. The number of ether oxygens (including phenoxy) is 2. The monoisotopic (exact) mass is 296 g/mol. The Kier molecular flexibility index (Phi) is 8.67. The summed E-state index contributed by atoms with van der Waals surface area (Å²) in [6.45, 7) is 10.5. The predicted octanol–water partition coefficient (Wildman–Crippen LogP) is 3.81. The van der Waals surface area contributed by atoms with Gasteiger partial charge < -0.3 is 9.47 Å². The van der Waals surface area contributed by atoms with E-state index in [2.05, 4.69) is 37.7 Å². The molecule has 0 bridgehead atoms. The lowest BCUT2D eigenvalue weighted by atomic mass is 9.89. The van der Waals surface area contributed by atoms with Crippen molar-refractivity contribution in [1.82, 2.24) is 0 Å². The van der Waals surface area contributed by atoms with Crippen LogP contribution in [0.15, 0.2) is 23.3 Å². The van der Waals surface area contributed by atoms with Crippen LogP contribution in [-0.2, 0) is 19.1 Å². The first-order chi connectivity index (χ1) is 9.68. The van der Waals surface area contributed by atoms with Crippen LogP contribution in [0.3, 0.4) is 0 Å². The van der Waals surface area contributed by atoms with E-state index in [9.17, 15) is 9.59 Å². The summed E-state index contributed by atoms with van der Waals surface area (Å²) >= 11 is 0. The van der Waals surface area contributed by atoms with Crippen LogP contribution in [0, 0.1) is 5.41 Å². The molecule has 0 fully saturated rings. The second kappa shape index (κ2) is 9.37. The van der Waals surface area contributed by atoms with Gasteiger partial charge in [0.1, 0.15) is 0 Å². The highest BCUT2D eigenvalue weighted by atomic mass is 16.6. The summed E-state index contributed by atoms with van der Waals surface area (Å²) in [7, 11) is 1.16. The quantitative estimate of drug-likeness (QED) is 0.407. The van der Waals surface area contributed by atoms with E-state index in [4.69, 9.17) is 4.74 Å². The Morgan fingerprint density at radius 2 is 1.67 bits per heavy atom. The van der Waals surface area contributed by atoms with E-state index >= 15 is 0 Å². The fourth-order valence-electron chi connectivity index (χ4n) is 1.60. The number of rotatable bonds is 7. The molecule has 0 N–H and O–H groups in total. The summed E-state index contributed by atoms with van der Waals surface area (Å²) in [5.74, 6) is -1.89. The van der Waals surface area contributed by atoms with Crippen molar-refractivity contribution in [3.05, 3.63) is 23.3 Å². The highest BCUT2D eigenvalue weighted by Gasteiger charge is 2.22. The molecule has 0 unspecified atom stereocenters. The van der Waals surface area contributed by atoms with Crippen molar-refractivity contribution in [2.75, 3.05) is 13.7 Å². The third-order valence-corrected chi connectivity index (χ3v) is 3.04. The Hall–Kier alpha value is -1.58. The Morgan fingerprint density at radius 3 is 2.19 bits per heavy atom. The van der Waals surface area contributed by atoms with Gasteiger partial charge in [0.05, 0.1) is 13.7 Å². The largest absolute Gasteiger partial charge is 0.461 e. The smallest absolute Gasteiger partial charge is 0.417 e. The molecule has 0 rings (SSSR count). The average molecular weight is 296 g/mol. The van der Waals surface area contributed by atoms with Gasteiger partial charge in [-0.25, -0.2) is 9.59 Å². The van der Waals surface area contributed by atoms with Crippen molar-refractivity contribution in [1.29, 1.82) is 0 Å². The molecule has 120 valence electrons. The first-order valence-corrected chi connectivity index (χ1v) is 7.22. The van der Waals surface area contributed by atoms with Gasteiger partial charge in [-0.3, -0.25) is 0 Å². The van der Waals surface area contributed by atoms with E-state index < -0.39 is 11.9 Å². The van der Waals surface area contributed by atoms with Crippen LogP contribution in [0.2, 0.25) is 0 Å². The number of allylic oxidation sites excluding steroid dienone is 4. The van der Waals surface area contributed by atoms with Gasteiger partial charge >= 0.3 is 11.9 Å². The maximum atomic E-state index is 11.2. The van der Waals surface area contributed by atoms with Crippen molar-refractivity contribution >= 4 is 11.9 Å².